The number of anilines is 1. The Kier molecular flexibility index (Phi) is 3.25. The zero-order valence-electron chi connectivity index (χ0n) is 10.5. The third-order valence-corrected chi connectivity index (χ3v) is 3.17. The Balaban J connectivity index is 1.78. The van der Waals surface area contributed by atoms with Gasteiger partial charge >= 0.3 is 0 Å². The van der Waals surface area contributed by atoms with Crippen LogP contribution in [0.15, 0.2) is 22.0 Å². The number of thiazole rings is 1. The van der Waals surface area contributed by atoms with Crippen LogP contribution in [-0.4, -0.2) is 32.4 Å². The first kappa shape index (κ1) is 12.5. The fraction of sp³-hybridized carbons (Fsp3) is 0.182. The molecule has 0 fully saturated rings. The second-order valence-corrected chi connectivity index (χ2v) is 4.72. The van der Waals surface area contributed by atoms with Crippen molar-refractivity contribution in [3.63, 3.8) is 0 Å². The predicted octanol–water partition coefficient (Wildman–Crippen LogP) is 1.16. The number of aromatic nitrogens is 5. The highest BCUT2D eigenvalue weighted by molar-refractivity contribution is 7.13. The Morgan fingerprint density at radius 1 is 1.30 bits per heavy atom. The normalized spacial score (nSPS) is 10.7. The Hall–Kier alpha value is -2.55. The third-order valence-electron chi connectivity index (χ3n) is 2.45. The maximum absolute atomic E-state index is 5.57. The molecule has 3 aromatic heterocycles. The van der Waals surface area contributed by atoms with E-state index in [0.29, 0.717) is 34.8 Å². The topological polar surface area (TPSA) is 113 Å². The maximum atomic E-state index is 5.57. The van der Waals surface area contributed by atoms with Crippen LogP contribution in [0.25, 0.3) is 11.5 Å². The number of nitrogens with zero attached hydrogens (tertiary/aromatic N) is 5. The van der Waals surface area contributed by atoms with Crippen LogP contribution in [0.5, 0.6) is 5.88 Å². The highest BCUT2D eigenvalue weighted by atomic mass is 32.1. The number of ether oxygens (including phenoxy) is 1. The lowest BCUT2D eigenvalue weighted by Gasteiger charge is -1.96. The summed E-state index contributed by atoms with van der Waals surface area (Å²) in [5.41, 5.74) is 6.87. The third kappa shape index (κ3) is 2.57. The predicted molar refractivity (Wildman–Crippen MR) is 71.2 cm³/mol. The quantitative estimate of drug-likeness (QED) is 0.761. The first-order valence-corrected chi connectivity index (χ1v) is 6.53. The molecule has 3 rings (SSSR count). The number of nitrogens with two attached hydrogens (primary N) is 1. The van der Waals surface area contributed by atoms with Gasteiger partial charge in [0.15, 0.2) is 5.13 Å². The number of nitrogen functional groups attached to an aromatic ring is 1. The van der Waals surface area contributed by atoms with Crippen molar-refractivity contribution in [3.05, 3.63) is 29.1 Å². The summed E-state index contributed by atoms with van der Waals surface area (Å²) in [4.78, 5) is 8.38. The summed E-state index contributed by atoms with van der Waals surface area (Å²) in [6.07, 6.45) is 0.435. The maximum Gasteiger partial charge on any atom is 0.233 e. The molecule has 0 spiro atoms. The van der Waals surface area contributed by atoms with Crippen LogP contribution < -0.4 is 10.5 Å². The van der Waals surface area contributed by atoms with Crippen LogP contribution in [0.4, 0.5) is 5.13 Å². The molecule has 3 aromatic rings. The van der Waals surface area contributed by atoms with Crippen LogP contribution >= 0.6 is 11.3 Å². The van der Waals surface area contributed by atoms with E-state index in [2.05, 4.69) is 25.3 Å². The minimum absolute atomic E-state index is 0.373. The molecule has 0 aromatic carbocycles. The molecule has 9 heteroatoms. The summed E-state index contributed by atoms with van der Waals surface area (Å²) in [6, 6.07) is 3.39. The van der Waals surface area contributed by atoms with Crippen molar-refractivity contribution < 1.29 is 9.26 Å². The summed E-state index contributed by atoms with van der Waals surface area (Å²) < 4.78 is 10.1. The van der Waals surface area contributed by atoms with E-state index in [4.69, 9.17) is 15.0 Å². The highest BCUT2D eigenvalue weighted by Crippen LogP contribution is 2.17. The van der Waals surface area contributed by atoms with E-state index in [9.17, 15) is 0 Å². The second kappa shape index (κ2) is 5.21. The molecular formula is C11H10N6O2S. The van der Waals surface area contributed by atoms with Gasteiger partial charge in [-0.2, -0.15) is 4.98 Å². The summed E-state index contributed by atoms with van der Waals surface area (Å²) in [6.45, 7) is 0. The Morgan fingerprint density at radius 3 is 2.85 bits per heavy atom. The van der Waals surface area contributed by atoms with Gasteiger partial charge in [0, 0.05) is 11.4 Å². The number of rotatable bonds is 4. The first-order chi connectivity index (χ1) is 9.74. The molecule has 8 nitrogen and oxygen atoms in total. The average Bonchev–Trinajstić information content (AvgIpc) is 3.09. The van der Waals surface area contributed by atoms with Gasteiger partial charge in [0.2, 0.25) is 17.6 Å². The van der Waals surface area contributed by atoms with Crippen molar-refractivity contribution in [2.75, 3.05) is 12.8 Å². The van der Waals surface area contributed by atoms with Gasteiger partial charge in [-0.3, -0.25) is 0 Å². The van der Waals surface area contributed by atoms with E-state index in [1.807, 2.05) is 5.38 Å². The standard InChI is InChI=1S/C11H10N6O2S/c1-18-8-3-2-7(15-16-8)10-14-9(19-17-10)4-6-5-20-11(12)13-6/h2-3,5H,4H2,1H3,(H2,12,13). The highest BCUT2D eigenvalue weighted by Gasteiger charge is 2.12. The molecule has 0 aliphatic heterocycles. The molecule has 102 valence electrons. The van der Waals surface area contributed by atoms with Crippen LogP contribution in [0, 0.1) is 0 Å². The average molecular weight is 290 g/mol. The van der Waals surface area contributed by atoms with Gasteiger partial charge in [-0.25, -0.2) is 4.98 Å². The monoisotopic (exact) mass is 290 g/mol. The van der Waals surface area contributed by atoms with Gasteiger partial charge in [-0.05, 0) is 6.07 Å². The first-order valence-electron chi connectivity index (χ1n) is 5.65. The number of hydrogen-bond acceptors (Lipinski definition) is 9. The zero-order chi connectivity index (χ0) is 13.9. The molecule has 0 aliphatic rings. The van der Waals surface area contributed by atoms with Gasteiger partial charge in [0.05, 0.1) is 19.2 Å². The van der Waals surface area contributed by atoms with E-state index >= 15 is 0 Å². The molecule has 0 unspecified atom stereocenters. The summed E-state index contributed by atoms with van der Waals surface area (Å²) >= 11 is 1.37. The largest absolute Gasteiger partial charge is 0.480 e. The van der Waals surface area contributed by atoms with E-state index in [1.165, 1.54) is 18.4 Å². The summed E-state index contributed by atoms with van der Waals surface area (Å²) in [7, 11) is 1.52. The Bertz CT molecular complexity index is 708. The number of hydrogen-bond donors (Lipinski definition) is 1. The molecular weight excluding hydrogens is 280 g/mol. The van der Waals surface area contributed by atoms with Crippen molar-refractivity contribution in [2.45, 2.75) is 6.42 Å². The van der Waals surface area contributed by atoms with E-state index in [0.717, 1.165) is 5.69 Å². The minimum Gasteiger partial charge on any atom is -0.480 e. The smallest absolute Gasteiger partial charge is 0.233 e. The lowest BCUT2D eigenvalue weighted by molar-refractivity contribution is 0.384. The molecule has 0 atom stereocenters. The molecule has 0 bridgehead atoms. The fourth-order valence-corrected chi connectivity index (χ4v) is 2.10. The van der Waals surface area contributed by atoms with Crippen LogP contribution in [0.1, 0.15) is 11.6 Å². The molecule has 0 saturated carbocycles. The molecule has 3 heterocycles. The van der Waals surface area contributed by atoms with Crippen molar-refractivity contribution in [1.29, 1.82) is 0 Å². The van der Waals surface area contributed by atoms with Crippen molar-refractivity contribution >= 4 is 16.5 Å². The van der Waals surface area contributed by atoms with Crippen LogP contribution in [-0.2, 0) is 6.42 Å². The number of methoxy groups -OCH3 is 1. The molecule has 0 aliphatic carbocycles. The van der Waals surface area contributed by atoms with Crippen molar-refractivity contribution in [3.8, 4) is 17.4 Å². The van der Waals surface area contributed by atoms with Crippen molar-refractivity contribution in [2.24, 2.45) is 0 Å². The van der Waals surface area contributed by atoms with Crippen molar-refractivity contribution in [1.82, 2.24) is 25.3 Å². The van der Waals surface area contributed by atoms with Crippen LogP contribution in [0.3, 0.4) is 0 Å². The van der Waals surface area contributed by atoms with Gasteiger partial charge in [0.1, 0.15) is 5.69 Å². The van der Waals surface area contributed by atoms with Gasteiger partial charge in [-0.15, -0.1) is 21.5 Å². The molecule has 0 saturated heterocycles. The summed E-state index contributed by atoms with van der Waals surface area (Å²) in [5, 5.41) is 14.0. The van der Waals surface area contributed by atoms with E-state index in [1.54, 1.807) is 12.1 Å². The Labute approximate surface area is 117 Å². The Morgan fingerprint density at radius 2 is 2.20 bits per heavy atom. The summed E-state index contributed by atoms with van der Waals surface area (Å²) in [5.74, 6) is 1.25. The van der Waals surface area contributed by atoms with E-state index in [-0.39, 0.29) is 0 Å². The second-order valence-electron chi connectivity index (χ2n) is 3.83. The van der Waals surface area contributed by atoms with Gasteiger partial charge in [0.25, 0.3) is 0 Å². The molecule has 0 amide bonds. The van der Waals surface area contributed by atoms with Gasteiger partial charge in [-0.1, -0.05) is 5.16 Å². The molecule has 20 heavy (non-hydrogen) atoms. The SMILES string of the molecule is COc1ccc(-c2noc(Cc3csc(N)n3)n2)nn1. The fourth-order valence-electron chi connectivity index (χ4n) is 1.54. The van der Waals surface area contributed by atoms with Gasteiger partial charge < -0.3 is 15.0 Å². The lowest BCUT2D eigenvalue weighted by atomic mass is 10.3. The molecule has 0 radical (unpaired) electrons. The lowest BCUT2D eigenvalue weighted by Crippen LogP contribution is -1.94. The van der Waals surface area contributed by atoms with E-state index < -0.39 is 0 Å². The zero-order valence-corrected chi connectivity index (χ0v) is 11.3. The van der Waals surface area contributed by atoms with Crippen LogP contribution in [0.2, 0.25) is 0 Å². The molecule has 2 N–H and O–H groups in total. The minimum atomic E-state index is 0.373.